The van der Waals surface area contributed by atoms with Crippen LogP contribution in [0.1, 0.15) is 30.4 Å². The Balaban J connectivity index is 2.00. The molecule has 0 spiro atoms. The highest BCUT2D eigenvalue weighted by Gasteiger charge is 2.39. The molecule has 1 fully saturated rings. The average Bonchev–Trinajstić information content (AvgIpc) is 2.66. The number of nitrogens with zero attached hydrogens (tertiary/aromatic N) is 1. The largest absolute Gasteiger partial charge is 0.384 e. The molecule has 2 rings (SSSR count). The topological polar surface area (TPSA) is 35.8 Å². The summed E-state index contributed by atoms with van der Waals surface area (Å²) in [5.74, 6) is -2.51. The molecule has 0 bridgehead atoms. The van der Waals surface area contributed by atoms with E-state index >= 15 is 0 Å². The molecule has 1 aromatic carbocycles. The van der Waals surface area contributed by atoms with Crippen LogP contribution in [0, 0.1) is 24.2 Å². The number of aryl methyl sites for hydroxylation is 1. The summed E-state index contributed by atoms with van der Waals surface area (Å²) in [6, 6.07) is 7.69. The number of hydrogen-bond acceptors (Lipinski definition) is 2. The fourth-order valence-electron chi connectivity index (χ4n) is 2.43. The molecule has 1 aromatic rings. The van der Waals surface area contributed by atoms with Gasteiger partial charge in [0.05, 0.1) is 11.3 Å². The van der Waals surface area contributed by atoms with Gasteiger partial charge >= 0.3 is 0 Å². The smallest absolute Gasteiger partial charge is 0.248 e. The fourth-order valence-corrected chi connectivity index (χ4v) is 2.43. The van der Waals surface area contributed by atoms with Gasteiger partial charge in [-0.1, -0.05) is 12.1 Å². The molecule has 0 heterocycles. The molecular formula is C14H16F2N2. The maximum atomic E-state index is 13.0. The van der Waals surface area contributed by atoms with Gasteiger partial charge in [0.25, 0.3) is 0 Å². The highest BCUT2D eigenvalue weighted by molar-refractivity contribution is 5.60. The van der Waals surface area contributed by atoms with Crippen molar-refractivity contribution in [3.63, 3.8) is 0 Å². The molecule has 96 valence electrons. The number of nitrogens with one attached hydrogen (secondary N) is 1. The number of benzene rings is 1. The van der Waals surface area contributed by atoms with E-state index in [9.17, 15) is 8.78 Å². The van der Waals surface area contributed by atoms with E-state index in [1.165, 1.54) is 0 Å². The maximum Gasteiger partial charge on any atom is 0.248 e. The predicted octanol–water partition coefficient (Wildman–Crippen LogP) is 3.71. The molecule has 4 heteroatoms. The Labute approximate surface area is 106 Å². The average molecular weight is 250 g/mol. The van der Waals surface area contributed by atoms with Gasteiger partial charge in [0.2, 0.25) is 5.92 Å². The molecular weight excluding hydrogens is 234 g/mol. The molecule has 0 saturated heterocycles. The molecule has 1 aliphatic carbocycles. The first kappa shape index (κ1) is 12.8. The van der Waals surface area contributed by atoms with Crippen molar-refractivity contribution in [3.05, 3.63) is 29.3 Å². The Bertz CT molecular complexity index is 477. The summed E-state index contributed by atoms with van der Waals surface area (Å²) in [6.07, 6.45) is 0.486. The Morgan fingerprint density at radius 3 is 2.89 bits per heavy atom. The molecule has 0 aromatic heterocycles. The molecule has 1 N–H and O–H groups in total. The third kappa shape index (κ3) is 2.79. The zero-order valence-electron chi connectivity index (χ0n) is 10.3. The normalized spacial score (nSPS) is 21.6. The van der Waals surface area contributed by atoms with E-state index in [0.29, 0.717) is 18.5 Å². The van der Waals surface area contributed by atoms with Crippen LogP contribution < -0.4 is 5.32 Å². The number of halogens is 2. The Morgan fingerprint density at radius 1 is 1.50 bits per heavy atom. The Kier molecular flexibility index (Phi) is 3.51. The van der Waals surface area contributed by atoms with E-state index < -0.39 is 5.92 Å². The zero-order valence-corrected chi connectivity index (χ0v) is 10.3. The van der Waals surface area contributed by atoms with E-state index in [1.807, 2.05) is 25.1 Å². The lowest BCUT2D eigenvalue weighted by molar-refractivity contribution is 0.00556. The zero-order chi connectivity index (χ0) is 13.2. The first-order valence-corrected chi connectivity index (χ1v) is 6.13. The fraction of sp³-hybridized carbons (Fsp3) is 0.500. The predicted molar refractivity (Wildman–Crippen MR) is 66.7 cm³/mol. The van der Waals surface area contributed by atoms with Crippen LogP contribution >= 0.6 is 0 Å². The van der Waals surface area contributed by atoms with Crippen LogP contribution in [-0.4, -0.2) is 12.5 Å². The SMILES string of the molecule is Cc1cccc(NCC2CCC(F)(F)C2)c1C#N. The summed E-state index contributed by atoms with van der Waals surface area (Å²) < 4.78 is 26.1. The van der Waals surface area contributed by atoms with Crippen molar-refractivity contribution in [2.45, 2.75) is 32.1 Å². The first-order chi connectivity index (χ1) is 8.52. The molecule has 0 aliphatic heterocycles. The minimum absolute atomic E-state index is 0.00736. The molecule has 1 aliphatic rings. The van der Waals surface area contributed by atoms with Gasteiger partial charge in [-0.15, -0.1) is 0 Å². The number of alkyl halides is 2. The van der Waals surface area contributed by atoms with Crippen molar-refractivity contribution < 1.29 is 8.78 Å². The molecule has 0 radical (unpaired) electrons. The highest BCUT2D eigenvalue weighted by atomic mass is 19.3. The Morgan fingerprint density at radius 2 is 2.28 bits per heavy atom. The van der Waals surface area contributed by atoms with Gasteiger partial charge in [-0.05, 0) is 30.9 Å². The van der Waals surface area contributed by atoms with Gasteiger partial charge in [0.1, 0.15) is 6.07 Å². The monoisotopic (exact) mass is 250 g/mol. The number of rotatable bonds is 3. The first-order valence-electron chi connectivity index (χ1n) is 6.13. The summed E-state index contributed by atoms with van der Waals surface area (Å²) >= 11 is 0. The molecule has 0 amide bonds. The second-order valence-corrected chi connectivity index (χ2v) is 4.95. The van der Waals surface area contributed by atoms with Crippen LogP contribution in [-0.2, 0) is 0 Å². The van der Waals surface area contributed by atoms with Crippen molar-refractivity contribution in [3.8, 4) is 6.07 Å². The van der Waals surface area contributed by atoms with Crippen LogP contribution in [0.4, 0.5) is 14.5 Å². The van der Waals surface area contributed by atoms with E-state index in [4.69, 9.17) is 5.26 Å². The summed E-state index contributed by atoms with van der Waals surface area (Å²) in [7, 11) is 0. The lowest BCUT2D eigenvalue weighted by Gasteiger charge is -2.14. The van der Waals surface area contributed by atoms with Crippen molar-refractivity contribution in [1.29, 1.82) is 5.26 Å². The van der Waals surface area contributed by atoms with E-state index in [-0.39, 0.29) is 18.8 Å². The second kappa shape index (κ2) is 4.93. The molecule has 1 unspecified atom stereocenters. The van der Waals surface area contributed by atoms with Gasteiger partial charge in [0, 0.05) is 19.4 Å². The molecule has 2 nitrogen and oxygen atoms in total. The van der Waals surface area contributed by atoms with Gasteiger partial charge in [0.15, 0.2) is 0 Å². The van der Waals surface area contributed by atoms with Gasteiger partial charge in [-0.2, -0.15) is 5.26 Å². The van der Waals surface area contributed by atoms with Crippen LogP contribution in [0.5, 0.6) is 0 Å². The van der Waals surface area contributed by atoms with Crippen molar-refractivity contribution in [2.24, 2.45) is 5.92 Å². The van der Waals surface area contributed by atoms with Gasteiger partial charge in [-0.25, -0.2) is 8.78 Å². The second-order valence-electron chi connectivity index (χ2n) is 4.95. The minimum Gasteiger partial charge on any atom is -0.384 e. The summed E-state index contributed by atoms with van der Waals surface area (Å²) in [5.41, 5.74) is 2.24. The third-order valence-electron chi connectivity index (χ3n) is 3.47. The number of nitriles is 1. The summed E-state index contributed by atoms with van der Waals surface area (Å²) in [5, 5.41) is 12.2. The lowest BCUT2D eigenvalue weighted by Crippen LogP contribution is -2.15. The van der Waals surface area contributed by atoms with Crippen molar-refractivity contribution in [2.75, 3.05) is 11.9 Å². The van der Waals surface area contributed by atoms with Gasteiger partial charge < -0.3 is 5.32 Å². The number of anilines is 1. The van der Waals surface area contributed by atoms with Crippen LogP contribution in [0.2, 0.25) is 0 Å². The van der Waals surface area contributed by atoms with Crippen LogP contribution in [0.3, 0.4) is 0 Å². The van der Waals surface area contributed by atoms with Crippen LogP contribution in [0.15, 0.2) is 18.2 Å². The Hall–Kier alpha value is -1.63. The summed E-state index contributed by atoms with van der Waals surface area (Å²) in [6.45, 7) is 2.38. The lowest BCUT2D eigenvalue weighted by atomic mass is 10.1. The van der Waals surface area contributed by atoms with E-state index in [2.05, 4.69) is 11.4 Å². The highest BCUT2D eigenvalue weighted by Crippen LogP contribution is 2.38. The van der Waals surface area contributed by atoms with Crippen LogP contribution in [0.25, 0.3) is 0 Å². The quantitative estimate of drug-likeness (QED) is 0.887. The third-order valence-corrected chi connectivity index (χ3v) is 3.47. The van der Waals surface area contributed by atoms with E-state index in [0.717, 1.165) is 11.3 Å². The summed E-state index contributed by atoms with van der Waals surface area (Å²) in [4.78, 5) is 0. The minimum atomic E-state index is -2.50. The van der Waals surface area contributed by atoms with Crippen molar-refractivity contribution >= 4 is 5.69 Å². The molecule has 1 atom stereocenters. The van der Waals surface area contributed by atoms with E-state index in [1.54, 1.807) is 0 Å². The van der Waals surface area contributed by atoms with Crippen molar-refractivity contribution in [1.82, 2.24) is 0 Å². The van der Waals surface area contributed by atoms with Gasteiger partial charge in [-0.3, -0.25) is 0 Å². The standard InChI is InChI=1S/C14H16F2N2/c1-10-3-2-4-13(12(10)8-17)18-9-11-5-6-14(15,16)7-11/h2-4,11,18H,5-7,9H2,1H3. The number of hydrogen-bond donors (Lipinski definition) is 1. The molecule has 18 heavy (non-hydrogen) atoms. The maximum absolute atomic E-state index is 13.0. The molecule has 1 saturated carbocycles.